The first-order valence-electron chi connectivity index (χ1n) is 10.2. The van der Waals surface area contributed by atoms with Crippen LogP contribution in [0.25, 0.3) is 11.5 Å². The van der Waals surface area contributed by atoms with Gasteiger partial charge in [-0.2, -0.15) is 0 Å². The van der Waals surface area contributed by atoms with E-state index in [1.165, 1.54) is 23.5 Å². The number of hydrogen-bond acceptors (Lipinski definition) is 6. The highest BCUT2D eigenvalue weighted by Crippen LogP contribution is 2.44. The fourth-order valence-corrected chi connectivity index (χ4v) is 6.08. The third kappa shape index (κ3) is 5.98. The Bertz CT molecular complexity index is 1000. The molecule has 4 rings (SSSR count). The SMILES string of the molecule is COc1ccc(-c2nc(CCNC(=O)Nc3cccc(C4SCCCS4)c3)co2)cc1. The number of methoxy groups -OCH3 is 1. The molecule has 2 heterocycles. The number of amides is 2. The fourth-order valence-electron chi connectivity index (χ4n) is 3.21. The lowest BCUT2D eigenvalue weighted by Crippen LogP contribution is -2.30. The molecule has 1 fully saturated rings. The second-order valence-corrected chi connectivity index (χ2v) is 9.78. The molecule has 0 radical (unpaired) electrons. The molecule has 0 saturated carbocycles. The molecule has 1 aromatic heterocycles. The van der Waals surface area contributed by atoms with Gasteiger partial charge in [0, 0.05) is 24.2 Å². The van der Waals surface area contributed by atoms with E-state index in [0.717, 1.165) is 22.7 Å². The van der Waals surface area contributed by atoms with E-state index in [4.69, 9.17) is 9.15 Å². The lowest BCUT2D eigenvalue weighted by molar-refractivity contribution is 0.252. The fraction of sp³-hybridized carbons (Fsp3) is 0.304. The number of carbonyl (C=O) groups excluding carboxylic acids is 1. The second-order valence-electron chi connectivity index (χ2n) is 7.06. The quantitative estimate of drug-likeness (QED) is 0.484. The topological polar surface area (TPSA) is 76.4 Å². The molecular weight excluding hydrogens is 430 g/mol. The summed E-state index contributed by atoms with van der Waals surface area (Å²) in [7, 11) is 1.63. The lowest BCUT2D eigenvalue weighted by Gasteiger charge is -2.21. The Morgan fingerprint density at radius 2 is 2.00 bits per heavy atom. The molecule has 0 atom stereocenters. The standard InChI is InChI=1S/C23H25N3O3S2/c1-28-20-8-6-16(7-9-20)21-25-19(15-29-21)10-11-24-23(27)26-18-5-2-4-17(14-18)22-30-12-3-13-31-22/h2,4-9,14-15,22H,3,10-13H2,1H3,(H2,24,26,27). The van der Waals surface area contributed by atoms with Crippen LogP contribution in [-0.4, -0.2) is 36.2 Å². The highest BCUT2D eigenvalue weighted by atomic mass is 32.2. The number of oxazole rings is 1. The molecule has 8 heteroatoms. The van der Waals surface area contributed by atoms with E-state index in [0.29, 0.717) is 23.4 Å². The van der Waals surface area contributed by atoms with Crippen molar-refractivity contribution in [1.82, 2.24) is 10.3 Å². The number of ether oxygens (including phenoxy) is 1. The first kappa shape index (κ1) is 21.6. The largest absolute Gasteiger partial charge is 0.497 e. The monoisotopic (exact) mass is 455 g/mol. The van der Waals surface area contributed by atoms with Crippen molar-refractivity contribution in [1.29, 1.82) is 0 Å². The Kier molecular flexibility index (Phi) is 7.43. The summed E-state index contributed by atoms with van der Waals surface area (Å²) in [5.41, 5.74) is 3.73. The number of nitrogens with zero attached hydrogens (tertiary/aromatic N) is 1. The van der Waals surface area contributed by atoms with Crippen LogP contribution in [0.5, 0.6) is 5.75 Å². The summed E-state index contributed by atoms with van der Waals surface area (Å²) in [4.78, 5) is 16.8. The van der Waals surface area contributed by atoms with Gasteiger partial charge in [-0.3, -0.25) is 0 Å². The van der Waals surface area contributed by atoms with Crippen LogP contribution in [0.2, 0.25) is 0 Å². The van der Waals surface area contributed by atoms with Crippen LogP contribution in [0.1, 0.15) is 22.3 Å². The van der Waals surface area contributed by atoms with Gasteiger partial charge in [0.2, 0.25) is 5.89 Å². The summed E-state index contributed by atoms with van der Waals surface area (Å²) in [6.07, 6.45) is 3.48. The number of anilines is 1. The van der Waals surface area contributed by atoms with Gasteiger partial charge in [-0.1, -0.05) is 12.1 Å². The molecule has 0 unspecified atom stereocenters. The Balaban J connectivity index is 1.25. The smallest absolute Gasteiger partial charge is 0.319 e. The van der Waals surface area contributed by atoms with Crippen molar-refractivity contribution >= 4 is 35.2 Å². The van der Waals surface area contributed by atoms with Gasteiger partial charge >= 0.3 is 6.03 Å². The molecular formula is C23H25N3O3S2. The first-order chi connectivity index (χ1) is 15.2. The van der Waals surface area contributed by atoms with Crippen LogP contribution in [0.15, 0.2) is 59.2 Å². The molecule has 0 spiro atoms. The lowest BCUT2D eigenvalue weighted by atomic mass is 10.2. The molecule has 2 N–H and O–H groups in total. The zero-order chi connectivity index (χ0) is 21.5. The van der Waals surface area contributed by atoms with E-state index in [-0.39, 0.29) is 6.03 Å². The van der Waals surface area contributed by atoms with Crippen molar-refractivity contribution in [3.8, 4) is 17.2 Å². The van der Waals surface area contributed by atoms with E-state index in [2.05, 4.69) is 27.8 Å². The van der Waals surface area contributed by atoms with E-state index < -0.39 is 0 Å². The molecule has 3 aromatic rings. The third-order valence-corrected chi connectivity index (χ3v) is 7.81. The maximum absolute atomic E-state index is 12.3. The molecule has 1 aliphatic heterocycles. The number of rotatable bonds is 7. The summed E-state index contributed by atoms with van der Waals surface area (Å²) < 4.78 is 11.2. The van der Waals surface area contributed by atoms with E-state index in [1.807, 2.05) is 59.9 Å². The number of carbonyl (C=O) groups is 1. The molecule has 6 nitrogen and oxygen atoms in total. The van der Waals surface area contributed by atoms with Crippen LogP contribution in [0.4, 0.5) is 10.5 Å². The van der Waals surface area contributed by atoms with Gasteiger partial charge in [-0.25, -0.2) is 9.78 Å². The summed E-state index contributed by atoms with van der Waals surface area (Å²) in [5.74, 6) is 3.72. The normalized spacial score (nSPS) is 14.2. The van der Waals surface area contributed by atoms with Crippen molar-refractivity contribution in [2.45, 2.75) is 17.4 Å². The molecule has 2 amide bonds. The van der Waals surface area contributed by atoms with E-state index >= 15 is 0 Å². The molecule has 0 aliphatic carbocycles. The minimum Gasteiger partial charge on any atom is -0.497 e. The zero-order valence-electron chi connectivity index (χ0n) is 17.3. The van der Waals surface area contributed by atoms with E-state index in [1.54, 1.807) is 13.4 Å². The number of benzene rings is 2. The van der Waals surface area contributed by atoms with Gasteiger partial charge in [-0.05, 0) is 59.9 Å². The van der Waals surface area contributed by atoms with Crippen LogP contribution in [-0.2, 0) is 6.42 Å². The highest BCUT2D eigenvalue weighted by molar-refractivity contribution is 8.16. The minimum absolute atomic E-state index is 0.222. The van der Waals surface area contributed by atoms with E-state index in [9.17, 15) is 4.79 Å². The second kappa shape index (κ2) is 10.6. The molecule has 31 heavy (non-hydrogen) atoms. The number of urea groups is 1. The van der Waals surface area contributed by atoms with Crippen LogP contribution < -0.4 is 15.4 Å². The van der Waals surface area contributed by atoms with Crippen molar-refractivity contribution in [2.75, 3.05) is 30.5 Å². The van der Waals surface area contributed by atoms with Gasteiger partial charge in [-0.15, -0.1) is 23.5 Å². The maximum atomic E-state index is 12.3. The Morgan fingerprint density at radius 3 is 2.77 bits per heavy atom. The predicted molar refractivity (Wildman–Crippen MR) is 128 cm³/mol. The van der Waals surface area contributed by atoms with Crippen molar-refractivity contribution in [3.05, 3.63) is 66.1 Å². The number of thioether (sulfide) groups is 2. The van der Waals surface area contributed by atoms with Gasteiger partial charge < -0.3 is 19.8 Å². The maximum Gasteiger partial charge on any atom is 0.319 e. The van der Waals surface area contributed by atoms with Gasteiger partial charge in [0.1, 0.15) is 12.0 Å². The zero-order valence-corrected chi connectivity index (χ0v) is 18.9. The average Bonchev–Trinajstić information content (AvgIpc) is 3.29. The summed E-state index contributed by atoms with van der Waals surface area (Å²) >= 11 is 3.94. The van der Waals surface area contributed by atoms with Crippen molar-refractivity contribution < 1.29 is 13.9 Å². The van der Waals surface area contributed by atoms with Crippen molar-refractivity contribution in [2.24, 2.45) is 0 Å². The van der Waals surface area contributed by atoms with Crippen LogP contribution in [0.3, 0.4) is 0 Å². The summed E-state index contributed by atoms with van der Waals surface area (Å²) in [5, 5.41) is 5.81. The number of hydrogen-bond donors (Lipinski definition) is 2. The minimum atomic E-state index is -0.222. The van der Waals surface area contributed by atoms with Crippen molar-refractivity contribution in [3.63, 3.8) is 0 Å². The van der Waals surface area contributed by atoms with Crippen LogP contribution >= 0.6 is 23.5 Å². The molecule has 162 valence electrons. The third-order valence-electron chi connectivity index (χ3n) is 4.80. The Labute approximate surface area is 190 Å². The first-order valence-corrected chi connectivity index (χ1v) is 12.3. The Morgan fingerprint density at radius 1 is 1.19 bits per heavy atom. The molecule has 1 saturated heterocycles. The predicted octanol–water partition coefficient (Wildman–Crippen LogP) is 5.58. The van der Waals surface area contributed by atoms with Gasteiger partial charge in [0.15, 0.2) is 0 Å². The summed E-state index contributed by atoms with van der Waals surface area (Å²) in [6, 6.07) is 15.4. The molecule has 2 aromatic carbocycles. The Hall–Kier alpha value is -2.58. The molecule has 0 bridgehead atoms. The molecule has 1 aliphatic rings. The highest BCUT2D eigenvalue weighted by Gasteiger charge is 2.17. The average molecular weight is 456 g/mol. The number of nitrogens with one attached hydrogen (secondary N) is 2. The van der Waals surface area contributed by atoms with Crippen LogP contribution in [0, 0.1) is 0 Å². The van der Waals surface area contributed by atoms with Gasteiger partial charge in [0.25, 0.3) is 0 Å². The van der Waals surface area contributed by atoms with Gasteiger partial charge in [0.05, 0.1) is 17.4 Å². The number of aromatic nitrogens is 1. The summed E-state index contributed by atoms with van der Waals surface area (Å²) in [6.45, 7) is 0.467.